The molecule has 27 heavy (non-hydrogen) atoms. The predicted molar refractivity (Wildman–Crippen MR) is 108 cm³/mol. The smallest absolute Gasteiger partial charge is 0.268 e. The number of carbonyl (C=O) groups excluding carboxylic acids is 1. The number of hydrogen-bond acceptors (Lipinski definition) is 3. The lowest BCUT2D eigenvalue weighted by atomic mass is 9.84. The molecule has 2 aromatic rings. The van der Waals surface area contributed by atoms with Crippen molar-refractivity contribution in [3.63, 3.8) is 0 Å². The van der Waals surface area contributed by atoms with Crippen LogP contribution in [0.25, 0.3) is 0 Å². The zero-order valence-corrected chi connectivity index (χ0v) is 16.4. The Kier molecular flexibility index (Phi) is 6.09. The normalized spacial score (nSPS) is 15.3. The molecule has 2 aromatic carbocycles. The first-order valence-corrected chi connectivity index (χ1v) is 9.49. The van der Waals surface area contributed by atoms with Gasteiger partial charge in [-0.15, -0.1) is 0 Å². The molecule has 142 valence electrons. The molecule has 0 fully saturated rings. The van der Waals surface area contributed by atoms with Crippen LogP contribution in [0.5, 0.6) is 0 Å². The van der Waals surface area contributed by atoms with Crippen LogP contribution in [0.4, 0.5) is 0 Å². The van der Waals surface area contributed by atoms with Gasteiger partial charge in [-0.1, -0.05) is 66.7 Å². The summed E-state index contributed by atoms with van der Waals surface area (Å²) in [6.07, 6.45) is 3.01. The number of rotatable bonds is 6. The Morgan fingerprint density at radius 2 is 1.63 bits per heavy atom. The molecular formula is C23H28N2O2. The number of nitrogens with zero attached hydrogens (tertiary/aromatic N) is 2. The molecule has 3 rings (SSSR count). The molecule has 4 heteroatoms. The minimum atomic E-state index is -1.16. The summed E-state index contributed by atoms with van der Waals surface area (Å²) in [5.41, 5.74) is 1.60. The molecule has 1 amide bonds. The number of benzene rings is 2. The van der Waals surface area contributed by atoms with Gasteiger partial charge in [0.25, 0.3) is 5.91 Å². The van der Waals surface area contributed by atoms with Crippen LogP contribution in [-0.2, 0) is 15.1 Å². The van der Waals surface area contributed by atoms with Crippen molar-refractivity contribution >= 4 is 5.91 Å². The van der Waals surface area contributed by atoms with Gasteiger partial charge in [-0.2, -0.15) is 0 Å². The third-order valence-corrected chi connectivity index (χ3v) is 5.26. The fourth-order valence-electron chi connectivity index (χ4n) is 3.75. The van der Waals surface area contributed by atoms with E-state index in [1.165, 1.54) is 0 Å². The summed E-state index contributed by atoms with van der Waals surface area (Å²) in [5, 5.41) is 0. The van der Waals surface area contributed by atoms with Gasteiger partial charge in [0, 0.05) is 38.9 Å². The molecule has 0 radical (unpaired) electrons. The average molecular weight is 364 g/mol. The quantitative estimate of drug-likeness (QED) is 0.784. The van der Waals surface area contributed by atoms with Gasteiger partial charge >= 0.3 is 0 Å². The van der Waals surface area contributed by atoms with Crippen molar-refractivity contribution in [1.29, 1.82) is 0 Å². The van der Waals surface area contributed by atoms with Gasteiger partial charge in [0.15, 0.2) is 5.60 Å². The molecule has 0 spiro atoms. The second kappa shape index (κ2) is 8.51. The number of likely N-dealkylation sites (N-methyl/N-ethyl adjacent to an activating group) is 2. The number of carbonyl (C=O) groups is 1. The van der Waals surface area contributed by atoms with E-state index in [4.69, 9.17) is 4.74 Å². The summed E-state index contributed by atoms with van der Waals surface area (Å²) in [6, 6.07) is 19.6. The van der Waals surface area contributed by atoms with Gasteiger partial charge in [0.2, 0.25) is 0 Å². The van der Waals surface area contributed by atoms with Crippen LogP contribution < -0.4 is 0 Å². The summed E-state index contributed by atoms with van der Waals surface area (Å²) in [6.45, 7) is 4.44. The fourth-order valence-corrected chi connectivity index (χ4v) is 3.75. The second-order valence-corrected chi connectivity index (χ2v) is 6.87. The highest BCUT2D eigenvalue weighted by molar-refractivity contribution is 5.91. The van der Waals surface area contributed by atoms with Gasteiger partial charge in [0.05, 0.1) is 0 Å². The van der Waals surface area contributed by atoms with Crippen LogP contribution in [0, 0.1) is 0 Å². The van der Waals surface area contributed by atoms with Gasteiger partial charge in [-0.25, -0.2) is 0 Å². The van der Waals surface area contributed by atoms with Crippen molar-refractivity contribution in [1.82, 2.24) is 9.80 Å². The lowest BCUT2D eigenvalue weighted by Crippen LogP contribution is -2.49. The largest absolute Gasteiger partial charge is 0.359 e. The highest BCUT2D eigenvalue weighted by Gasteiger charge is 2.45. The number of methoxy groups -OCH3 is 1. The van der Waals surface area contributed by atoms with E-state index in [2.05, 4.69) is 18.0 Å². The molecule has 0 unspecified atom stereocenters. The van der Waals surface area contributed by atoms with E-state index < -0.39 is 5.60 Å². The van der Waals surface area contributed by atoms with E-state index in [1.54, 1.807) is 7.11 Å². The Bertz CT molecular complexity index is 747. The zero-order valence-electron chi connectivity index (χ0n) is 16.4. The highest BCUT2D eigenvalue weighted by atomic mass is 16.5. The van der Waals surface area contributed by atoms with Crippen LogP contribution in [0.3, 0.4) is 0 Å². The first kappa shape index (κ1) is 19.3. The van der Waals surface area contributed by atoms with Crippen LogP contribution in [0.2, 0.25) is 0 Å². The minimum absolute atomic E-state index is 0.0410. The summed E-state index contributed by atoms with van der Waals surface area (Å²) in [4.78, 5) is 18.1. The van der Waals surface area contributed by atoms with Crippen molar-refractivity contribution in [2.45, 2.75) is 18.9 Å². The molecule has 4 nitrogen and oxygen atoms in total. The summed E-state index contributed by atoms with van der Waals surface area (Å²) >= 11 is 0. The van der Waals surface area contributed by atoms with Crippen molar-refractivity contribution < 1.29 is 9.53 Å². The third kappa shape index (κ3) is 3.68. The van der Waals surface area contributed by atoms with E-state index in [0.717, 1.165) is 36.3 Å². The molecular weight excluding hydrogens is 336 g/mol. The van der Waals surface area contributed by atoms with Crippen molar-refractivity contribution in [3.05, 3.63) is 83.6 Å². The fraction of sp³-hybridized carbons (Fsp3) is 0.348. The van der Waals surface area contributed by atoms with E-state index in [-0.39, 0.29) is 5.91 Å². The molecule has 1 aliphatic heterocycles. The number of ether oxygens (including phenoxy) is 1. The molecule has 0 saturated carbocycles. The topological polar surface area (TPSA) is 32.8 Å². The molecule has 0 atom stereocenters. The first-order chi connectivity index (χ1) is 13.1. The monoisotopic (exact) mass is 364 g/mol. The number of hydrogen-bond donors (Lipinski definition) is 0. The van der Waals surface area contributed by atoms with Crippen LogP contribution in [-0.4, -0.2) is 49.5 Å². The van der Waals surface area contributed by atoms with Gasteiger partial charge in [-0.05, 0) is 25.1 Å². The SMILES string of the molecule is CCN(C(=O)C(OC)(c1ccccc1)c1ccccc1)C1=CCN(C)CC1. The first-order valence-electron chi connectivity index (χ1n) is 9.49. The van der Waals surface area contributed by atoms with Gasteiger partial charge in [-0.3, -0.25) is 4.79 Å². The lowest BCUT2D eigenvalue weighted by molar-refractivity contribution is -0.149. The maximum Gasteiger partial charge on any atom is 0.268 e. The van der Waals surface area contributed by atoms with Gasteiger partial charge in [0.1, 0.15) is 0 Å². The Morgan fingerprint density at radius 3 is 2.04 bits per heavy atom. The Labute approximate surface area is 162 Å². The molecule has 1 heterocycles. The number of amides is 1. The maximum absolute atomic E-state index is 14.0. The van der Waals surface area contributed by atoms with Crippen LogP contribution in [0.15, 0.2) is 72.4 Å². The zero-order chi connectivity index (χ0) is 19.3. The highest BCUT2D eigenvalue weighted by Crippen LogP contribution is 2.36. The summed E-state index contributed by atoms with van der Waals surface area (Å²) in [5.74, 6) is -0.0410. The second-order valence-electron chi connectivity index (χ2n) is 6.87. The van der Waals surface area contributed by atoms with Crippen molar-refractivity contribution in [2.75, 3.05) is 33.8 Å². The Hall–Kier alpha value is -2.43. The summed E-state index contributed by atoms with van der Waals surface area (Å²) < 4.78 is 6.04. The third-order valence-electron chi connectivity index (χ3n) is 5.26. The standard InChI is InChI=1S/C23H28N2O2/c1-4-25(21-15-17-24(2)18-16-21)22(26)23(27-3,19-11-7-5-8-12-19)20-13-9-6-10-14-20/h5-15H,4,16-18H2,1-3H3. The van der Waals surface area contributed by atoms with E-state index >= 15 is 0 Å². The Balaban J connectivity index is 2.11. The molecule has 1 aliphatic rings. The average Bonchev–Trinajstić information content (AvgIpc) is 2.73. The molecule has 0 aliphatic carbocycles. The molecule has 0 aromatic heterocycles. The molecule has 0 bridgehead atoms. The molecule has 0 saturated heterocycles. The minimum Gasteiger partial charge on any atom is -0.359 e. The predicted octanol–water partition coefficient (Wildman–Crippen LogP) is 3.64. The van der Waals surface area contributed by atoms with Gasteiger partial charge < -0.3 is 14.5 Å². The summed E-state index contributed by atoms with van der Waals surface area (Å²) in [7, 11) is 3.72. The molecule has 0 N–H and O–H groups in total. The van der Waals surface area contributed by atoms with Crippen LogP contribution in [0.1, 0.15) is 24.5 Å². The Morgan fingerprint density at radius 1 is 1.07 bits per heavy atom. The van der Waals surface area contributed by atoms with E-state index in [1.807, 2.05) is 72.5 Å². The van der Waals surface area contributed by atoms with Crippen molar-refractivity contribution in [2.24, 2.45) is 0 Å². The van der Waals surface area contributed by atoms with E-state index in [9.17, 15) is 4.79 Å². The van der Waals surface area contributed by atoms with Crippen molar-refractivity contribution in [3.8, 4) is 0 Å². The maximum atomic E-state index is 14.0. The van der Waals surface area contributed by atoms with E-state index in [0.29, 0.717) is 6.54 Å². The lowest BCUT2D eigenvalue weighted by Gasteiger charge is -2.39. The van der Waals surface area contributed by atoms with Crippen LogP contribution >= 0.6 is 0 Å².